The number of oxime groups is 1. The van der Waals surface area contributed by atoms with Gasteiger partial charge in [-0.1, -0.05) is 31.1 Å². The summed E-state index contributed by atoms with van der Waals surface area (Å²) in [5.74, 6) is -0.0107. The van der Waals surface area contributed by atoms with Crippen LogP contribution in [0, 0.1) is 0 Å². The third-order valence-electron chi connectivity index (χ3n) is 2.79. The van der Waals surface area contributed by atoms with Crippen LogP contribution in [0.3, 0.4) is 0 Å². The van der Waals surface area contributed by atoms with E-state index in [1.807, 2.05) is 18.7 Å². The molecule has 5 nitrogen and oxygen atoms in total. The highest BCUT2D eigenvalue weighted by molar-refractivity contribution is 6.01. The summed E-state index contributed by atoms with van der Waals surface area (Å²) in [6, 6.07) is 6.83. The van der Waals surface area contributed by atoms with Crippen LogP contribution in [0.4, 0.5) is 0 Å². The van der Waals surface area contributed by atoms with Crippen molar-refractivity contribution in [3.05, 3.63) is 35.4 Å². The fourth-order valence-electron chi connectivity index (χ4n) is 1.91. The summed E-state index contributed by atoms with van der Waals surface area (Å²) in [5.41, 5.74) is 6.64. The zero-order valence-electron chi connectivity index (χ0n) is 11.5. The van der Waals surface area contributed by atoms with E-state index in [0.717, 1.165) is 25.9 Å². The average molecular weight is 263 g/mol. The van der Waals surface area contributed by atoms with Crippen molar-refractivity contribution < 1.29 is 10.0 Å². The van der Waals surface area contributed by atoms with E-state index in [-0.39, 0.29) is 11.7 Å². The predicted molar refractivity (Wildman–Crippen MR) is 75.4 cm³/mol. The standard InChI is InChI=1S/C14H21N3O2/c1-3-8-17(9-4-2)14(18)12-7-5-6-11(10-12)13(15)16-19/h5-7,10,19H,3-4,8-9H2,1-2H3,(H2,15,16). The zero-order chi connectivity index (χ0) is 14.3. The number of hydrogen-bond donors (Lipinski definition) is 2. The van der Waals surface area contributed by atoms with Gasteiger partial charge in [0.05, 0.1) is 0 Å². The van der Waals surface area contributed by atoms with Gasteiger partial charge in [0.15, 0.2) is 5.84 Å². The molecule has 0 fully saturated rings. The Morgan fingerprint density at radius 2 is 1.84 bits per heavy atom. The molecule has 104 valence electrons. The Bertz CT molecular complexity index is 452. The lowest BCUT2D eigenvalue weighted by Crippen LogP contribution is -2.32. The van der Waals surface area contributed by atoms with E-state index in [0.29, 0.717) is 11.1 Å². The average Bonchev–Trinajstić information content (AvgIpc) is 2.45. The highest BCUT2D eigenvalue weighted by Gasteiger charge is 2.14. The SMILES string of the molecule is CCCN(CCC)C(=O)c1cccc(/C(N)=N/O)c1. The Balaban J connectivity index is 2.97. The van der Waals surface area contributed by atoms with Crippen molar-refractivity contribution in [2.75, 3.05) is 13.1 Å². The summed E-state index contributed by atoms with van der Waals surface area (Å²) in [6.45, 7) is 5.56. The molecule has 1 amide bonds. The van der Waals surface area contributed by atoms with Gasteiger partial charge in [-0.05, 0) is 25.0 Å². The van der Waals surface area contributed by atoms with Crippen LogP contribution in [0.2, 0.25) is 0 Å². The second kappa shape index (κ2) is 7.41. The normalized spacial score (nSPS) is 11.4. The predicted octanol–water partition coefficient (Wildman–Crippen LogP) is 2.04. The van der Waals surface area contributed by atoms with E-state index in [4.69, 9.17) is 10.9 Å². The molecule has 0 radical (unpaired) electrons. The summed E-state index contributed by atoms with van der Waals surface area (Å²) in [7, 11) is 0. The molecule has 0 aliphatic carbocycles. The molecule has 0 atom stereocenters. The van der Waals surface area contributed by atoms with Gasteiger partial charge in [-0.2, -0.15) is 0 Å². The van der Waals surface area contributed by atoms with E-state index < -0.39 is 0 Å². The van der Waals surface area contributed by atoms with E-state index in [1.165, 1.54) is 0 Å². The Hall–Kier alpha value is -2.04. The first-order valence-corrected chi connectivity index (χ1v) is 6.51. The highest BCUT2D eigenvalue weighted by Crippen LogP contribution is 2.09. The van der Waals surface area contributed by atoms with E-state index in [2.05, 4.69) is 5.16 Å². The quantitative estimate of drug-likeness (QED) is 0.357. The fourth-order valence-corrected chi connectivity index (χ4v) is 1.91. The van der Waals surface area contributed by atoms with Gasteiger partial charge in [0.25, 0.3) is 5.91 Å². The minimum Gasteiger partial charge on any atom is -0.409 e. The van der Waals surface area contributed by atoms with Crippen LogP contribution in [0.15, 0.2) is 29.4 Å². The van der Waals surface area contributed by atoms with Crippen molar-refractivity contribution in [2.24, 2.45) is 10.9 Å². The number of amidine groups is 1. The number of amides is 1. The molecule has 3 N–H and O–H groups in total. The van der Waals surface area contributed by atoms with Gasteiger partial charge < -0.3 is 15.8 Å². The highest BCUT2D eigenvalue weighted by atomic mass is 16.4. The molecule has 0 aromatic heterocycles. The minimum absolute atomic E-state index is 0.00665. The van der Waals surface area contributed by atoms with Gasteiger partial charge in [0.1, 0.15) is 0 Å². The summed E-state index contributed by atoms with van der Waals surface area (Å²) >= 11 is 0. The maximum Gasteiger partial charge on any atom is 0.253 e. The van der Waals surface area contributed by atoms with Crippen LogP contribution in [0.5, 0.6) is 0 Å². The van der Waals surface area contributed by atoms with E-state index in [1.54, 1.807) is 24.3 Å². The molecule has 1 aromatic rings. The number of hydrogen-bond acceptors (Lipinski definition) is 3. The molecule has 0 spiro atoms. The van der Waals surface area contributed by atoms with Crippen LogP contribution in [-0.2, 0) is 0 Å². The molecule has 0 aliphatic rings. The molecule has 0 aliphatic heterocycles. The Morgan fingerprint density at radius 1 is 1.26 bits per heavy atom. The molecule has 5 heteroatoms. The molecule has 1 aromatic carbocycles. The maximum absolute atomic E-state index is 12.4. The molecular formula is C14H21N3O2. The van der Waals surface area contributed by atoms with Crippen LogP contribution in [0.25, 0.3) is 0 Å². The Kier molecular flexibility index (Phi) is 5.85. The van der Waals surface area contributed by atoms with Crippen LogP contribution >= 0.6 is 0 Å². The van der Waals surface area contributed by atoms with E-state index >= 15 is 0 Å². The molecule has 0 heterocycles. The van der Waals surface area contributed by atoms with Gasteiger partial charge in [0, 0.05) is 24.2 Å². The van der Waals surface area contributed by atoms with Gasteiger partial charge in [-0.25, -0.2) is 0 Å². The van der Waals surface area contributed by atoms with Gasteiger partial charge in [-0.3, -0.25) is 4.79 Å². The van der Waals surface area contributed by atoms with Crippen LogP contribution in [0.1, 0.15) is 42.6 Å². The number of carbonyl (C=O) groups is 1. The minimum atomic E-state index is -0.0173. The van der Waals surface area contributed by atoms with Crippen molar-refractivity contribution in [2.45, 2.75) is 26.7 Å². The van der Waals surface area contributed by atoms with Gasteiger partial charge in [-0.15, -0.1) is 0 Å². The number of benzene rings is 1. The van der Waals surface area contributed by atoms with Crippen molar-refractivity contribution in [1.29, 1.82) is 0 Å². The summed E-state index contributed by atoms with van der Waals surface area (Å²) in [5, 5.41) is 11.6. The van der Waals surface area contributed by atoms with Crippen molar-refractivity contribution in [3.8, 4) is 0 Å². The summed E-state index contributed by atoms with van der Waals surface area (Å²) in [4.78, 5) is 14.2. The topological polar surface area (TPSA) is 78.9 Å². The summed E-state index contributed by atoms with van der Waals surface area (Å²) in [6.07, 6.45) is 1.84. The van der Waals surface area contributed by atoms with Crippen molar-refractivity contribution >= 4 is 11.7 Å². The van der Waals surface area contributed by atoms with Crippen molar-refractivity contribution in [1.82, 2.24) is 4.90 Å². The molecule has 0 unspecified atom stereocenters. The maximum atomic E-state index is 12.4. The van der Waals surface area contributed by atoms with Gasteiger partial charge >= 0.3 is 0 Å². The second-order valence-corrected chi connectivity index (χ2v) is 4.36. The Labute approximate surface area is 113 Å². The number of rotatable bonds is 6. The first kappa shape index (κ1) is 15.0. The smallest absolute Gasteiger partial charge is 0.253 e. The van der Waals surface area contributed by atoms with Crippen molar-refractivity contribution in [3.63, 3.8) is 0 Å². The fraction of sp³-hybridized carbons (Fsp3) is 0.429. The zero-order valence-corrected chi connectivity index (χ0v) is 11.5. The molecule has 0 saturated heterocycles. The lowest BCUT2D eigenvalue weighted by Gasteiger charge is -2.21. The van der Waals surface area contributed by atoms with E-state index in [9.17, 15) is 4.79 Å². The van der Waals surface area contributed by atoms with Gasteiger partial charge in [0.2, 0.25) is 0 Å². The Morgan fingerprint density at radius 3 is 2.37 bits per heavy atom. The number of nitrogens with zero attached hydrogens (tertiary/aromatic N) is 2. The van der Waals surface area contributed by atoms with Crippen LogP contribution in [-0.4, -0.2) is 34.9 Å². The first-order valence-electron chi connectivity index (χ1n) is 6.51. The molecule has 0 saturated carbocycles. The largest absolute Gasteiger partial charge is 0.409 e. The number of nitrogens with two attached hydrogens (primary N) is 1. The number of carbonyl (C=O) groups excluding carboxylic acids is 1. The third-order valence-corrected chi connectivity index (χ3v) is 2.79. The second-order valence-electron chi connectivity index (χ2n) is 4.36. The summed E-state index contributed by atoms with van der Waals surface area (Å²) < 4.78 is 0. The molecule has 19 heavy (non-hydrogen) atoms. The molecule has 0 bridgehead atoms. The molecular weight excluding hydrogens is 242 g/mol. The monoisotopic (exact) mass is 263 g/mol. The lowest BCUT2D eigenvalue weighted by atomic mass is 10.1. The van der Waals surface area contributed by atoms with Crippen LogP contribution < -0.4 is 5.73 Å². The third kappa shape index (κ3) is 3.98. The molecule has 1 rings (SSSR count). The first-order chi connectivity index (χ1) is 9.13. The lowest BCUT2D eigenvalue weighted by molar-refractivity contribution is 0.0755.